The van der Waals surface area contributed by atoms with E-state index in [2.05, 4.69) is 23.5 Å². The van der Waals surface area contributed by atoms with Crippen molar-refractivity contribution in [3.63, 3.8) is 0 Å². The van der Waals surface area contributed by atoms with Gasteiger partial charge in [-0.1, -0.05) is 0 Å². The molecule has 3 aromatic heterocycles. The molecule has 0 aliphatic carbocycles. The molecule has 0 atom stereocenters. The fourth-order valence-electron chi connectivity index (χ4n) is 2.35. The largest absolute Gasteiger partial charge is 0.336 e. The van der Waals surface area contributed by atoms with Gasteiger partial charge in [-0.2, -0.15) is 5.10 Å². The van der Waals surface area contributed by atoms with Crippen LogP contribution in [-0.2, 0) is 13.6 Å². The molecule has 0 saturated heterocycles. The lowest BCUT2D eigenvalue weighted by molar-refractivity contribution is 0.0791. The maximum atomic E-state index is 12.6. The molecule has 6 heteroatoms. The summed E-state index contributed by atoms with van der Waals surface area (Å²) in [5.41, 5.74) is 2.22. The van der Waals surface area contributed by atoms with Crippen LogP contribution in [-0.4, -0.2) is 27.6 Å². The molecule has 0 unspecified atom stereocenters. The van der Waals surface area contributed by atoms with Gasteiger partial charge in [-0.25, -0.2) is 0 Å². The summed E-state index contributed by atoms with van der Waals surface area (Å²) >= 11 is 3.21. The zero-order valence-corrected chi connectivity index (χ0v) is 14.1. The van der Waals surface area contributed by atoms with Gasteiger partial charge in [0.15, 0.2) is 0 Å². The molecule has 0 aliphatic heterocycles. The van der Waals surface area contributed by atoms with E-state index in [4.69, 9.17) is 0 Å². The lowest BCUT2D eigenvalue weighted by Gasteiger charge is -2.15. The number of hydrogen-bond donors (Lipinski definition) is 0. The molecule has 0 aromatic carbocycles. The third-order valence-corrected chi connectivity index (χ3v) is 5.80. The predicted molar refractivity (Wildman–Crippen MR) is 88.2 cm³/mol. The number of amides is 1. The maximum absolute atomic E-state index is 12.6. The van der Waals surface area contributed by atoms with Crippen molar-refractivity contribution in [2.75, 3.05) is 7.05 Å². The Bertz CT molecular complexity index is 778. The highest BCUT2D eigenvalue weighted by atomic mass is 32.1. The van der Waals surface area contributed by atoms with E-state index in [1.54, 1.807) is 16.2 Å². The molecule has 21 heavy (non-hydrogen) atoms. The molecule has 0 radical (unpaired) electrons. The summed E-state index contributed by atoms with van der Waals surface area (Å²) in [5.74, 6) is 0.0726. The van der Waals surface area contributed by atoms with Crippen molar-refractivity contribution >= 4 is 38.8 Å². The molecule has 3 rings (SSSR count). The average Bonchev–Trinajstić information content (AvgIpc) is 3.10. The summed E-state index contributed by atoms with van der Waals surface area (Å²) < 4.78 is 1.84. The van der Waals surface area contributed by atoms with Gasteiger partial charge in [0.2, 0.25) is 0 Å². The molecule has 4 nitrogen and oxygen atoms in total. The van der Waals surface area contributed by atoms with Crippen molar-refractivity contribution in [1.82, 2.24) is 14.7 Å². The van der Waals surface area contributed by atoms with Crippen molar-refractivity contribution in [3.05, 3.63) is 38.5 Å². The molecule has 0 N–H and O–H groups in total. The van der Waals surface area contributed by atoms with Gasteiger partial charge in [-0.15, -0.1) is 22.7 Å². The summed E-state index contributed by atoms with van der Waals surface area (Å²) in [7, 11) is 3.77. The highest BCUT2D eigenvalue weighted by Gasteiger charge is 2.18. The number of fused-ring (bicyclic) bond motifs is 1. The van der Waals surface area contributed by atoms with E-state index in [1.165, 1.54) is 21.8 Å². The Morgan fingerprint density at radius 3 is 2.81 bits per heavy atom. The number of aromatic nitrogens is 2. The molecular formula is C15H17N3OS2. The zero-order chi connectivity index (χ0) is 15.1. The monoisotopic (exact) mass is 319 g/mol. The van der Waals surface area contributed by atoms with Gasteiger partial charge in [-0.3, -0.25) is 9.48 Å². The lowest BCUT2D eigenvalue weighted by atomic mass is 10.2. The molecule has 1 amide bonds. The summed E-state index contributed by atoms with van der Waals surface area (Å²) in [6.07, 6.45) is 0. The van der Waals surface area contributed by atoms with Crippen molar-refractivity contribution in [3.8, 4) is 0 Å². The second-order valence-corrected chi connectivity index (χ2v) is 7.26. The quantitative estimate of drug-likeness (QED) is 0.740. The van der Waals surface area contributed by atoms with Gasteiger partial charge in [0.25, 0.3) is 5.91 Å². The van der Waals surface area contributed by atoms with Gasteiger partial charge >= 0.3 is 0 Å². The van der Waals surface area contributed by atoms with Crippen LogP contribution in [0.15, 0.2) is 17.5 Å². The Hall–Kier alpha value is -1.66. The van der Waals surface area contributed by atoms with Gasteiger partial charge in [0.1, 0.15) is 4.83 Å². The molecule has 0 aliphatic rings. The normalized spacial score (nSPS) is 11.2. The Kier molecular flexibility index (Phi) is 3.59. The zero-order valence-electron chi connectivity index (χ0n) is 12.5. The Morgan fingerprint density at radius 2 is 2.19 bits per heavy atom. The summed E-state index contributed by atoms with van der Waals surface area (Å²) in [6.45, 7) is 4.72. The minimum absolute atomic E-state index is 0.0726. The fourth-order valence-corrected chi connectivity index (χ4v) is 4.43. The third-order valence-electron chi connectivity index (χ3n) is 3.60. The topological polar surface area (TPSA) is 38.1 Å². The summed E-state index contributed by atoms with van der Waals surface area (Å²) in [6, 6.07) is 4.05. The van der Waals surface area contributed by atoms with Crippen molar-refractivity contribution in [2.45, 2.75) is 20.4 Å². The van der Waals surface area contributed by atoms with E-state index in [9.17, 15) is 4.79 Å². The number of aryl methyl sites for hydroxylation is 3. The van der Waals surface area contributed by atoms with Crippen molar-refractivity contribution in [2.24, 2.45) is 7.05 Å². The fraction of sp³-hybridized carbons (Fsp3) is 0.333. The van der Waals surface area contributed by atoms with Crippen molar-refractivity contribution < 1.29 is 4.79 Å². The standard InChI is InChI=1S/C15H17N3OS2/c1-9-5-6-20-13(9)8-17(3)14(19)12-7-11-10(2)16-18(4)15(11)21-12/h5-7H,8H2,1-4H3. The number of rotatable bonds is 3. The first-order valence-electron chi connectivity index (χ1n) is 6.69. The number of thiophene rings is 2. The highest BCUT2D eigenvalue weighted by molar-refractivity contribution is 7.20. The lowest BCUT2D eigenvalue weighted by Crippen LogP contribution is -2.25. The summed E-state index contributed by atoms with van der Waals surface area (Å²) in [5, 5.41) is 7.51. The SMILES string of the molecule is Cc1ccsc1CN(C)C(=O)c1cc2c(C)nn(C)c2s1. The third kappa shape index (κ3) is 2.49. The van der Waals surface area contributed by atoms with Crippen LogP contribution in [0, 0.1) is 13.8 Å². The minimum Gasteiger partial charge on any atom is -0.336 e. The van der Waals surface area contributed by atoms with Crippen LogP contribution >= 0.6 is 22.7 Å². The second kappa shape index (κ2) is 5.27. The van der Waals surface area contributed by atoms with Crippen LogP contribution < -0.4 is 0 Å². The number of hydrogen-bond acceptors (Lipinski definition) is 4. The minimum atomic E-state index is 0.0726. The first kappa shape index (κ1) is 14.3. The van der Waals surface area contributed by atoms with E-state index in [0.717, 1.165) is 20.8 Å². The van der Waals surface area contributed by atoms with Gasteiger partial charge in [-0.05, 0) is 36.9 Å². The van der Waals surface area contributed by atoms with Gasteiger partial charge < -0.3 is 4.90 Å². The Labute approximate surface area is 131 Å². The smallest absolute Gasteiger partial charge is 0.264 e. The van der Waals surface area contributed by atoms with E-state index in [0.29, 0.717) is 6.54 Å². The predicted octanol–water partition coefficient (Wildman–Crippen LogP) is 3.59. The molecular weight excluding hydrogens is 302 g/mol. The molecule has 3 heterocycles. The van der Waals surface area contributed by atoms with Crippen LogP contribution in [0.1, 0.15) is 25.8 Å². The maximum Gasteiger partial charge on any atom is 0.264 e. The Morgan fingerprint density at radius 1 is 1.43 bits per heavy atom. The molecule has 0 bridgehead atoms. The number of nitrogens with zero attached hydrogens (tertiary/aromatic N) is 3. The first-order valence-corrected chi connectivity index (χ1v) is 8.38. The molecule has 0 spiro atoms. The van der Waals surface area contributed by atoms with E-state index in [-0.39, 0.29) is 5.91 Å². The first-order chi connectivity index (χ1) is 9.97. The molecule has 110 valence electrons. The molecule has 0 fully saturated rings. The number of carbonyl (C=O) groups is 1. The van der Waals surface area contributed by atoms with E-state index < -0.39 is 0 Å². The van der Waals surface area contributed by atoms with Crippen LogP contribution in [0.25, 0.3) is 10.2 Å². The highest BCUT2D eigenvalue weighted by Crippen LogP contribution is 2.29. The van der Waals surface area contributed by atoms with Crippen LogP contribution in [0.2, 0.25) is 0 Å². The van der Waals surface area contributed by atoms with Gasteiger partial charge in [0.05, 0.1) is 17.1 Å². The van der Waals surface area contributed by atoms with Crippen molar-refractivity contribution in [1.29, 1.82) is 0 Å². The van der Waals surface area contributed by atoms with E-state index in [1.807, 2.05) is 31.8 Å². The molecule has 3 aromatic rings. The van der Waals surface area contributed by atoms with Gasteiger partial charge in [0, 0.05) is 24.4 Å². The Balaban J connectivity index is 1.86. The molecule has 0 saturated carbocycles. The van der Waals surface area contributed by atoms with E-state index >= 15 is 0 Å². The van der Waals surface area contributed by atoms with Crippen LogP contribution in [0.4, 0.5) is 0 Å². The van der Waals surface area contributed by atoms with Crippen LogP contribution in [0.5, 0.6) is 0 Å². The van der Waals surface area contributed by atoms with Crippen LogP contribution in [0.3, 0.4) is 0 Å². The second-order valence-electron chi connectivity index (χ2n) is 5.23. The summed E-state index contributed by atoms with van der Waals surface area (Å²) in [4.78, 5) is 17.4. The average molecular weight is 319 g/mol. The number of carbonyl (C=O) groups excluding carboxylic acids is 1.